The van der Waals surface area contributed by atoms with Crippen LogP contribution in [-0.2, 0) is 9.59 Å². The summed E-state index contributed by atoms with van der Waals surface area (Å²) < 4.78 is 0. The monoisotopic (exact) mass is 354 g/mol. The molecule has 3 amide bonds. The van der Waals surface area contributed by atoms with Crippen LogP contribution in [0, 0.1) is 0 Å². The maximum absolute atomic E-state index is 12.6. The predicted octanol–water partition coefficient (Wildman–Crippen LogP) is 0.621. The minimum Gasteiger partial charge on any atom is -0.465 e. The molecular formula is C17H30N4O4. The van der Waals surface area contributed by atoms with Crippen LogP contribution in [0.5, 0.6) is 0 Å². The number of carbonyl (C=O) groups excluding carboxylic acids is 2. The SMILES string of the molecule is CC(=O)N[C@@H]1C[C@H](N(C)C(C)C)CC[C@@H]1N1CCC(NC(=O)O)C1=O. The molecule has 1 heterocycles. The van der Waals surface area contributed by atoms with Gasteiger partial charge in [-0.2, -0.15) is 0 Å². The van der Waals surface area contributed by atoms with Gasteiger partial charge in [-0.15, -0.1) is 0 Å². The number of nitrogens with zero attached hydrogens (tertiary/aromatic N) is 2. The van der Waals surface area contributed by atoms with Crippen molar-refractivity contribution in [1.82, 2.24) is 20.4 Å². The van der Waals surface area contributed by atoms with Gasteiger partial charge >= 0.3 is 6.09 Å². The van der Waals surface area contributed by atoms with E-state index in [0.717, 1.165) is 19.3 Å². The maximum Gasteiger partial charge on any atom is 0.405 e. The fourth-order valence-corrected chi connectivity index (χ4v) is 4.03. The Bertz CT molecular complexity index is 525. The van der Waals surface area contributed by atoms with E-state index in [1.807, 2.05) is 0 Å². The zero-order valence-corrected chi connectivity index (χ0v) is 15.5. The van der Waals surface area contributed by atoms with E-state index in [4.69, 9.17) is 5.11 Å². The highest BCUT2D eigenvalue weighted by atomic mass is 16.4. The van der Waals surface area contributed by atoms with Gasteiger partial charge in [0.1, 0.15) is 6.04 Å². The number of likely N-dealkylation sites (tertiary alicyclic amines) is 1. The first-order valence-electron chi connectivity index (χ1n) is 8.99. The Kier molecular flexibility index (Phi) is 6.26. The first kappa shape index (κ1) is 19.5. The average Bonchev–Trinajstić information content (AvgIpc) is 2.86. The van der Waals surface area contributed by atoms with Crippen molar-refractivity contribution in [3.63, 3.8) is 0 Å². The van der Waals surface area contributed by atoms with Gasteiger partial charge in [-0.25, -0.2) is 4.79 Å². The highest BCUT2D eigenvalue weighted by Crippen LogP contribution is 2.30. The number of carboxylic acid groups (broad SMARTS) is 1. The van der Waals surface area contributed by atoms with E-state index in [1.165, 1.54) is 6.92 Å². The van der Waals surface area contributed by atoms with Gasteiger partial charge in [-0.05, 0) is 46.6 Å². The van der Waals surface area contributed by atoms with Crippen LogP contribution in [0.2, 0.25) is 0 Å². The molecule has 0 aromatic heterocycles. The second kappa shape index (κ2) is 8.03. The van der Waals surface area contributed by atoms with Gasteiger partial charge in [0.25, 0.3) is 0 Å². The molecule has 0 bridgehead atoms. The fourth-order valence-electron chi connectivity index (χ4n) is 4.03. The Morgan fingerprint density at radius 3 is 2.48 bits per heavy atom. The summed E-state index contributed by atoms with van der Waals surface area (Å²) in [7, 11) is 2.09. The number of hydrogen-bond donors (Lipinski definition) is 3. The largest absolute Gasteiger partial charge is 0.465 e. The van der Waals surface area contributed by atoms with Crippen LogP contribution in [0.4, 0.5) is 4.79 Å². The molecule has 4 atom stereocenters. The number of rotatable bonds is 5. The number of amides is 3. The molecule has 2 aliphatic rings. The highest BCUT2D eigenvalue weighted by molar-refractivity contribution is 5.87. The number of nitrogens with one attached hydrogen (secondary N) is 2. The van der Waals surface area contributed by atoms with Crippen LogP contribution in [0.25, 0.3) is 0 Å². The van der Waals surface area contributed by atoms with Crippen molar-refractivity contribution in [2.45, 2.75) is 76.7 Å². The molecule has 2 fully saturated rings. The molecule has 1 aliphatic heterocycles. The van der Waals surface area contributed by atoms with Crippen LogP contribution in [-0.4, -0.2) is 76.6 Å². The third-order valence-electron chi connectivity index (χ3n) is 5.50. The molecule has 3 N–H and O–H groups in total. The van der Waals surface area contributed by atoms with Gasteiger partial charge in [0, 0.05) is 25.6 Å². The first-order valence-corrected chi connectivity index (χ1v) is 8.99. The van der Waals surface area contributed by atoms with Gasteiger partial charge < -0.3 is 25.5 Å². The molecular weight excluding hydrogens is 324 g/mol. The van der Waals surface area contributed by atoms with Crippen molar-refractivity contribution in [1.29, 1.82) is 0 Å². The third-order valence-corrected chi connectivity index (χ3v) is 5.50. The average molecular weight is 354 g/mol. The molecule has 25 heavy (non-hydrogen) atoms. The van der Waals surface area contributed by atoms with E-state index in [2.05, 4.69) is 36.4 Å². The lowest BCUT2D eigenvalue weighted by atomic mass is 9.84. The molecule has 1 saturated heterocycles. The standard InChI is InChI=1S/C17H30N4O4/c1-10(2)20(4)12-5-6-15(14(9-12)18-11(3)22)21-8-7-13(16(21)23)19-17(24)25/h10,12-15,19H,5-9H2,1-4H3,(H,18,22)(H,24,25)/t12-,13?,14-,15+/m1/s1. The van der Waals surface area contributed by atoms with E-state index in [9.17, 15) is 14.4 Å². The fraction of sp³-hybridized carbons (Fsp3) is 0.824. The summed E-state index contributed by atoms with van der Waals surface area (Å²) in [5.41, 5.74) is 0. The summed E-state index contributed by atoms with van der Waals surface area (Å²) in [6.45, 7) is 6.31. The zero-order chi connectivity index (χ0) is 18.7. The lowest BCUT2D eigenvalue weighted by Crippen LogP contribution is -2.58. The summed E-state index contributed by atoms with van der Waals surface area (Å²) in [5, 5.41) is 14.2. The highest BCUT2D eigenvalue weighted by Gasteiger charge is 2.43. The molecule has 1 unspecified atom stereocenters. The van der Waals surface area contributed by atoms with Crippen molar-refractivity contribution in [2.24, 2.45) is 0 Å². The van der Waals surface area contributed by atoms with Crippen LogP contribution in [0.3, 0.4) is 0 Å². The zero-order valence-electron chi connectivity index (χ0n) is 15.5. The van der Waals surface area contributed by atoms with Crippen molar-refractivity contribution in [2.75, 3.05) is 13.6 Å². The normalized spacial score (nSPS) is 30.0. The Balaban J connectivity index is 2.09. The van der Waals surface area contributed by atoms with E-state index < -0.39 is 12.1 Å². The van der Waals surface area contributed by atoms with Gasteiger partial charge in [0.05, 0.1) is 12.1 Å². The minimum atomic E-state index is -1.18. The molecule has 142 valence electrons. The van der Waals surface area contributed by atoms with Crippen LogP contribution in [0.1, 0.15) is 46.5 Å². The second-order valence-corrected chi connectivity index (χ2v) is 7.42. The van der Waals surface area contributed by atoms with Crippen molar-refractivity contribution < 1.29 is 19.5 Å². The molecule has 2 rings (SSSR count). The topological polar surface area (TPSA) is 102 Å². The van der Waals surface area contributed by atoms with E-state index in [1.54, 1.807) is 4.90 Å². The van der Waals surface area contributed by atoms with Crippen molar-refractivity contribution >= 4 is 17.9 Å². The maximum atomic E-state index is 12.6. The molecule has 8 heteroatoms. The van der Waals surface area contributed by atoms with Crippen LogP contribution >= 0.6 is 0 Å². The van der Waals surface area contributed by atoms with Crippen molar-refractivity contribution in [3.8, 4) is 0 Å². The van der Waals surface area contributed by atoms with Gasteiger partial charge in [-0.3, -0.25) is 9.59 Å². The quantitative estimate of drug-likeness (QED) is 0.672. The summed E-state index contributed by atoms with van der Waals surface area (Å²) in [6, 6.07) is -0.0823. The van der Waals surface area contributed by atoms with Gasteiger partial charge in [0.2, 0.25) is 11.8 Å². The lowest BCUT2D eigenvalue weighted by molar-refractivity contribution is -0.134. The van der Waals surface area contributed by atoms with Crippen LogP contribution < -0.4 is 10.6 Å². The van der Waals surface area contributed by atoms with E-state index >= 15 is 0 Å². The molecule has 8 nitrogen and oxygen atoms in total. The number of carbonyl (C=O) groups is 3. The first-order chi connectivity index (χ1) is 11.7. The molecule has 0 aromatic rings. The second-order valence-electron chi connectivity index (χ2n) is 7.42. The van der Waals surface area contributed by atoms with Gasteiger partial charge in [-0.1, -0.05) is 0 Å². The number of hydrogen-bond acceptors (Lipinski definition) is 4. The summed E-state index contributed by atoms with van der Waals surface area (Å²) in [5.74, 6) is -0.284. The minimum absolute atomic E-state index is 0.0752. The van der Waals surface area contributed by atoms with Gasteiger partial charge in [0.15, 0.2) is 0 Å². The molecule has 1 aliphatic carbocycles. The smallest absolute Gasteiger partial charge is 0.405 e. The predicted molar refractivity (Wildman–Crippen MR) is 93.2 cm³/mol. The van der Waals surface area contributed by atoms with Crippen LogP contribution in [0.15, 0.2) is 0 Å². The van der Waals surface area contributed by atoms with E-state index in [-0.39, 0.29) is 23.9 Å². The molecule has 0 radical (unpaired) electrons. The Hall–Kier alpha value is -1.83. The Morgan fingerprint density at radius 1 is 1.24 bits per heavy atom. The summed E-state index contributed by atoms with van der Waals surface area (Å²) in [4.78, 5) is 39.1. The Morgan fingerprint density at radius 2 is 1.92 bits per heavy atom. The van der Waals surface area contributed by atoms with Crippen molar-refractivity contribution in [3.05, 3.63) is 0 Å². The third kappa shape index (κ3) is 4.62. The molecule has 1 saturated carbocycles. The molecule has 0 aromatic carbocycles. The lowest BCUT2D eigenvalue weighted by Gasteiger charge is -2.44. The molecule has 0 spiro atoms. The summed E-state index contributed by atoms with van der Waals surface area (Å²) >= 11 is 0. The summed E-state index contributed by atoms with van der Waals surface area (Å²) in [6.07, 6.45) is 1.85. The van der Waals surface area contributed by atoms with E-state index in [0.29, 0.717) is 25.0 Å². The Labute approximate surface area is 148 Å².